The third-order valence-electron chi connectivity index (χ3n) is 2.01. The van der Waals surface area contributed by atoms with Crippen molar-refractivity contribution in [2.24, 2.45) is 5.73 Å². The normalized spacial score (nSPS) is 14.4. The summed E-state index contributed by atoms with van der Waals surface area (Å²) in [5, 5.41) is 0. The van der Waals surface area contributed by atoms with Crippen molar-refractivity contribution in [3.63, 3.8) is 0 Å². The quantitative estimate of drug-likeness (QED) is 0.742. The van der Waals surface area contributed by atoms with Crippen LogP contribution in [0.25, 0.3) is 0 Å². The van der Waals surface area contributed by atoms with Crippen LogP contribution in [0.5, 0.6) is 0 Å². The van der Waals surface area contributed by atoms with Gasteiger partial charge in [0.15, 0.2) is 0 Å². The molecule has 2 N–H and O–H groups in total. The SMILES string of the molecule is CCCCN1C=CN(CC(N)=O)C1.Cl. The molecular formula is C9H18ClN3O. The number of nitrogens with two attached hydrogens (primary N) is 1. The van der Waals surface area contributed by atoms with Crippen molar-refractivity contribution < 1.29 is 4.79 Å². The molecule has 0 saturated heterocycles. The van der Waals surface area contributed by atoms with Gasteiger partial charge in [-0.25, -0.2) is 0 Å². The second-order valence-corrected chi connectivity index (χ2v) is 3.32. The van der Waals surface area contributed by atoms with Crippen molar-refractivity contribution in [2.45, 2.75) is 19.8 Å². The van der Waals surface area contributed by atoms with E-state index in [1.54, 1.807) is 0 Å². The molecule has 0 aromatic carbocycles. The van der Waals surface area contributed by atoms with Gasteiger partial charge in [0.1, 0.15) is 0 Å². The van der Waals surface area contributed by atoms with Crippen LogP contribution in [0.2, 0.25) is 0 Å². The molecule has 0 aromatic heterocycles. The molecule has 5 heteroatoms. The molecule has 0 spiro atoms. The highest BCUT2D eigenvalue weighted by Crippen LogP contribution is 2.06. The molecule has 1 amide bonds. The van der Waals surface area contributed by atoms with E-state index in [4.69, 9.17) is 5.73 Å². The second-order valence-electron chi connectivity index (χ2n) is 3.32. The van der Waals surface area contributed by atoms with E-state index in [1.807, 2.05) is 17.3 Å². The molecule has 1 rings (SSSR count). The van der Waals surface area contributed by atoms with E-state index in [0.717, 1.165) is 13.2 Å². The third kappa shape index (κ3) is 4.37. The summed E-state index contributed by atoms with van der Waals surface area (Å²) in [5.41, 5.74) is 5.08. The first kappa shape index (κ1) is 13.1. The average Bonchev–Trinajstić information content (AvgIpc) is 2.48. The molecule has 0 fully saturated rings. The minimum absolute atomic E-state index is 0. The molecule has 0 atom stereocenters. The van der Waals surface area contributed by atoms with E-state index in [2.05, 4.69) is 11.8 Å². The Hall–Kier alpha value is -0.900. The number of unbranched alkanes of at least 4 members (excludes halogenated alkanes) is 1. The highest BCUT2D eigenvalue weighted by molar-refractivity contribution is 5.85. The van der Waals surface area contributed by atoms with Crippen LogP contribution in [-0.2, 0) is 4.79 Å². The standard InChI is InChI=1S/C9H17N3O.ClH/c1-2-3-4-11-5-6-12(8-11)7-9(10)13;/h5-6H,2-4,7-8H2,1H3,(H2,10,13);1H. The highest BCUT2D eigenvalue weighted by atomic mass is 35.5. The smallest absolute Gasteiger partial charge is 0.236 e. The van der Waals surface area contributed by atoms with Crippen LogP contribution in [0.3, 0.4) is 0 Å². The van der Waals surface area contributed by atoms with E-state index < -0.39 is 0 Å². The number of carbonyl (C=O) groups excluding carboxylic acids is 1. The van der Waals surface area contributed by atoms with Crippen molar-refractivity contribution in [3.8, 4) is 0 Å². The second kappa shape index (κ2) is 6.54. The zero-order chi connectivity index (χ0) is 9.68. The van der Waals surface area contributed by atoms with Gasteiger partial charge >= 0.3 is 0 Å². The van der Waals surface area contributed by atoms with E-state index in [9.17, 15) is 4.79 Å². The molecule has 0 radical (unpaired) electrons. The predicted molar refractivity (Wildman–Crippen MR) is 58.8 cm³/mol. The van der Waals surface area contributed by atoms with Crippen LogP contribution in [-0.4, -0.2) is 35.5 Å². The lowest BCUT2D eigenvalue weighted by molar-refractivity contribution is -0.118. The van der Waals surface area contributed by atoms with Crippen LogP contribution in [0.4, 0.5) is 0 Å². The fraction of sp³-hybridized carbons (Fsp3) is 0.667. The summed E-state index contributed by atoms with van der Waals surface area (Å²) in [6.07, 6.45) is 6.31. The van der Waals surface area contributed by atoms with Crippen molar-refractivity contribution in [2.75, 3.05) is 19.8 Å². The van der Waals surface area contributed by atoms with Crippen molar-refractivity contribution in [1.82, 2.24) is 9.80 Å². The first-order valence-corrected chi connectivity index (χ1v) is 4.67. The first-order valence-electron chi connectivity index (χ1n) is 4.67. The summed E-state index contributed by atoms with van der Waals surface area (Å²) in [7, 11) is 0. The Morgan fingerprint density at radius 1 is 1.43 bits per heavy atom. The Balaban J connectivity index is 0.00000169. The summed E-state index contributed by atoms with van der Waals surface area (Å²) in [4.78, 5) is 14.7. The van der Waals surface area contributed by atoms with Crippen LogP contribution in [0, 0.1) is 0 Å². The van der Waals surface area contributed by atoms with Gasteiger partial charge in [-0.1, -0.05) is 13.3 Å². The number of amides is 1. The Bertz CT molecular complexity index is 208. The Morgan fingerprint density at radius 3 is 2.64 bits per heavy atom. The molecule has 1 aliphatic heterocycles. The van der Waals surface area contributed by atoms with Gasteiger partial charge in [0, 0.05) is 18.9 Å². The van der Waals surface area contributed by atoms with Crippen molar-refractivity contribution in [3.05, 3.63) is 12.4 Å². The summed E-state index contributed by atoms with van der Waals surface area (Å²) in [6.45, 7) is 4.34. The summed E-state index contributed by atoms with van der Waals surface area (Å²) < 4.78 is 0. The Morgan fingerprint density at radius 2 is 2.07 bits per heavy atom. The maximum absolute atomic E-state index is 10.6. The molecule has 82 valence electrons. The minimum Gasteiger partial charge on any atom is -0.368 e. The van der Waals surface area contributed by atoms with Gasteiger partial charge < -0.3 is 15.5 Å². The van der Waals surface area contributed by atoms with Gasteiger partial charge in [0.05, 0.1) is 13.2 Å². The number of nitrogens with zero attached hydrogens (tertiary/aromatic N) is 2. The fourth-order valence-electron chi connectivity index (χ4n) is 1.33. The monoisotopic (exact) mass is 219 g/mol. The average molecular weight is 220 g/mol. The van der Waals surface area contributed by atoms with Gasteiger partial charge in [-0.05, 0) is 6.42 Å². The van der Waals surface area contributed by atoms with E-state index in [1.165, 1.54) is 12.8 Å². The molecule has 0 aromatic rings. The number of halogens is 1. The molecule has 1 heterocycles. The van der Waals surface area contributed by atoms with Gasteiger partial charge in [-0.2, -0.15) is 0 Å². The van der Waals surface area contributed by atoms with Crippen LogP contribution in [0.1, 0.15) is 19.8 Å². The molecule has 0 bridgehead atoms. The topological polar surface area (TPSA) is 49.6 Å². The molecule has 0 saturated carbocycles. The van der Waals surface area contributed by atoms with Gasteiger partial charge in [0.25, 0.3) is 0 Å². The van der Waals surface area contributed by atoms with Gasteiger partial charge in [0.2, 0.25) is 5.91 Å². The molecule has 1 aliphatic rings. The summed E-state index contributed by atoms with van der Waals surface area (Å²) in [6, 6.07) is 0. The molecular weight excluding hydrogens is 202 g/mol. The van der Waals surface area contributed by atoms with Crippen molar-refractivity contribution in [1.29, 1.82) is 0 Å². The minimum atomic E-state index is -0.276. The fourth-order valence-corrected chi connectivity index (χ4v) is 1.33. The number of carbonyl (C=O) groups is 1. The van der Waals surface area contributed by atoms with Gasteiger partial charge in [-0.15, -0.1) is 12.4 Å². The lowest BCUT2D eigenvalue weighted by Crippen LogP contribution is -2.33. The zero-order valence-electron chi connectivity index (χ0n) is 8.48. The lowest BCUT2D eigenvalue weighted by Gasteiger charge is -2.19. The van der Waals surface area contributed by atoms with E-state index >= 15 is 0 Å². The Labute approximate surface area is 91.1 Å². The first-order chi connectivity index (χ1) is 6.22. The maximum atomic E-state index is 10.6. The number of hydrogen-bond acceptors (Lipinski definition) is 3. The predicted octanol–water partition coefficient (Wildman–Crippen LogP) is 0.740. The molecule has 4 nitrogen and oxygen atoms in total. The molecule has 0 unspecified atom stereocenters. The Kier molecular flexibility index (Phi) is 6.12. The molecule has 0 aliphatic carbocycles. The summed E-state index contributed by atoms with van der Waals surface area (Å²) in [5.74, 6) is -0.276. The van der Waals surface area contributed by atoms with Crippen molar-refractivity contribution >= 4 is 18.3 Å². The zero-order valence-corrected chi connectivity index (χ0v) is 9.30. The number of hydrogen-bond donors (Lipinski definition) is 1. The lowest BCUT2D eigenvalue weighted by atomic mass is 10.3. The van der Waals surface area contributed by atoms with Crippen LogP contribution >= 0.6 is 12.4 Å². The third-order valence-corrected chi connectivity index (χ3v) is 2.01. The van der Waals surface area contributed by atoms with Crippen LogP contribution in [0.15, 0.2) is 12.4 Å². The number of rotatable bonds is 5. The van der Waals surface area contributed by atoms with Crippen LogP contribution < -0.4 is 5.73 Å². The highest BCUT2D eigenvalue weighted by Gasteiger charge is 2.12. The molecule has 14 heavy (non-hydrogen) atoms. The largest absolute Gasteiger partial charge is 0.368 e. The van der Waals surface area contributed by atoms with E-state index in [-0.39, 0.29) is 18.3 Å². The summed E-state index contributed by atoms with van der Waals surface area (Å²) >= 11 is 0. The van der Waals surface area contributed by atoms with Gasteiger partial charge in [-0.3, -0.25) is 4.79 Å². The van der Waals surface area contributed by atoms with E-state index in [0.29, 0.717) is 6.54 Å². The number of primary amides is 1. The maximum Gasteiger partial charge on any atom is 0.236 e.